The summed E-state index contributed by atoms with van der Waals surface area (Å²) in [6.45, 7) is 5.78. The second-order valence-electron chi connectivity index (χ2n) is 9.19. The Bertz CT molecular complexity index is 1080. The number of alkyl halides is 3. The molecule has 0 saturated carbocycles. The third-order valence-corrected chi connectivity index (χ3v) is 6.37. The van der Waals surface area contributed by atoms with Gasteiger partial charge in [-0.05, 0) is 92.2 Å². The van der Waals surface area contributed by atoms with Crippen molar-refractivity contribution in [1.29, 1.82) is 0 Å². The molecule has 3 aromatic carbocycles. The molecule has 0 saturated heterocycles. The average Bonchev–Trinajstić information content (AvgIpc) is 3.02. The molecule has 0 amide bonds. The van der Waals surface area contributed by atoms with E-state index in [1.165, 1.54) is 40.0 Å². The first-order chi connectivity index (χ1) is 17.3. The van der Waals surface area contributed by atoms with Crippen LogP contribution in [0.4, 0.5) is 13.2 Å². The van der Waals surface area contributed by atoms with Gasteiger partial charge in [0.1, 0.15) is 0 Å². The summed E-state index contributed by atoms with van der Waals surface area (Å²) < 4.78 is 37.3. The molecular weight excluding hydrogens is 457 g/mol. The van der Waals surface area contributed by atoms with Crippen molar-refractivity contribution in [1.82, 2.24) is 10.6 Å². The van der Waals surface area contributed by atoms with Gasteiger partial charge >= 0.3 is 6.18 Å². The van der Waals surface area contributed by atoms with Gasteiger partial charge in [-0.25, -0.2) is 0 Å². The summed E-state index contributed by atoms with van der Waals surface area (Å²) in [6.07, 6.45) is 2.08. The van der Waals surface area contributed by atoms with Crippen LogP contribution >= 0.6 is 0 Å². The maximum Gasteiger partial charge on any atom is 0.416 e. The molecule has 1 atom stereocenters. The van der Waals surface area contributed by atoms with Crippen LogP contribution in [0.5, 0.6) is 0 Å². The summed E-state index contributed by atoms with van der Waals surface area (Å²) >= 11 is 0. The van der Waals surface area contributed by atoms with E-state index in [0.717, 1.165) is 38.4 Å². The molecular formula is C31H37F3N2. The molecule has 0 unspecified atom stereocenters. The van der Waals surface area contributed by atoms with Crippen LogP contribution in [0.1, 0.15) is 53.6 Å². The Labute approximate surface area is 213 Å². The van der Waals surface area contributed by atoms with Crippen LogP contribution in [0, 0.1) is 0 Å². The highest BCUT2D eigenvalue weighted by molar-refractivity contribution is 5.83. The van der Waals surface area contributed by atoms with Gasteiger partial charge in [0, 0.05) is 6.04 Å². The number of benzene rings is 3. The summed E-state index contributed by atoms with van der Waals surface area (Å²) in [4.78, 5) is 0. The Morgan fingerprint density at radius 3 is 2.06 bits per heavy atom. The second-order valence-corrected chi connectivity index (χ2v) is 9.19. The van der Waals surface area contributed by atoms with Crippen molar-refractivity contribution in [3.8, 4) is 0 Å². The lowest BCUT2D eigenvalue weighted by Crippen LogP contribution is -2.27. The Morgan fingerprint density at radius 2 is 1.50 bits per heavy atom. The van der Waals surface area contributed by atoms with E-state index in [-0.39, 0.29) is 6.04 Å². The first kappa shape index (κ1) is 27.7. The van der Waals surface area contributed by atoms with Gasteiger partial charge in [0.2, 0.25) is 0 Å². The normalized spacial score (nSPS) is 13.6. The highest BCUT2D eigenvalue weighted by Crippen LogP contribution is 2.33. The van der Waals surface area contributed by atoms with Crippen molar-refractivity contribution in [2.45, 2.75) is 51.7 Å². The largest absolute Gasteiger partial charge is 0.416 e. The van der Waals surface area contributed by atoms with Gasteiger partial charge < -0.3 is 10.6 Å². The van der Waals surface area contributed by atoms with Crippen molar-refractivity contribution in [3.63, 3.8) is 0 Å². The number of likely N-dealkylation sites (N-methyl/N-ethyl adjacent to an activating group) is 1. The quantitative estimate of drug-likeness (QED) is 0.343. The number of fused-ring (bicyclic) bond motifs is 2. The van der Waals surface area contributed by atoms with E-state index in [9.17, 15) is 13.2 Å². The molecule has 1 aliphatic carbocycles. The van der Waals surface area contributed by atoms with Crippen LogP contribution in [0.3, 0.4) is 0 Å². The minimum atomic E-state index is -4.25. The van der Waals surface area contributed by atoms with Crippen molar-refractivity contribution in [3.05, 3.63) is 112 Å². The predicted molar refractivity (Wildman–Crippen MR) is 144 cm³/mol. The zero-order valence-corrected chi connectivity index (χ0v) is 21.5. The van der Waals surface area contributed by atoms with Crippen molar-refractivity contribution in [2.24, 2.45) is 0 Å². The fraction of sp³-hybridized carbons (Fsp3) is 0.355. The molecule has 0 heterocycles. The lowest BCUT2D eigenvalue weighted by molar-refractivity contribution is -0.137. The molecule has 0 spiro atoms. The van der Waals surface area contributed by atoms with Gasteiger partial charge in [0.15, 0.2) is 0 Å². The van der Waals surface area contributed by atoms with Gasteiger partial charge in [-0.3, -0.25) is 0 Å². The molecule has 36 heavy (non-hydrogen) atoms. The molecule has 1 aliphatic rings. The summed E-state index contributed by atoms with van der Waals surface area (Å²) in [5.74, 6) is 0. The number of aryl methyl sites for hydroxylation is 2. The van der Waals surface area contributed by atoms with E-state index < -0.39 is 11.7 Å². The van der Waals surface area contributed by atoms with Gasteiger partial charge in [-0.2, -0.15) is 13.2 Å². The minimum Gasteiger partial charge on any atom is -0.319 e. The Hall–Kier alpha value is -2.89. The number of hydrogen-bond donors (Lipinski definition) is 2. The number of nitrogens with one attached hydrogen (secondary N) is 2. The Balaban J connectivity index is 0.000000207. The zero-order valence-electron chi connectivity index (χ0n) is 21.5. The lowest BCUT2D eigenvalue weighted by Gasteiger charge is -2.13. The van der Waals surface area contributed by atoms with Gasteiger partial charge in [0.05, 0.1) is 5.56 Å². The van der Waals surface area contributed by atoms with Crippen LogP contribution < -0.4 is 10.6 Å². The highest BCUT2D eigenvalue weighted by Gasteiger charge is 2.30. The van der Waals surface area contributed by atoms with Crippen LogP contribution in [0.2, 0.25) is 0 Å². The lowest BCUT2D eigenvalue weighted by atomic mass is 9.93. The zero-order chi connectivity index (χ0) is 26.0. The Kier molecular flexibility index (Phi) is 10.3. The summed E-state index contributed by atoms with van der Waals surface area (Å²) in [5.41, 5.74) is 7.31. The van der Waals surface area contributed by atoms with Crippen LogP contribution in [0.25, 0.3) is 5.57 Å². The maximum atomic E-state index is 12.4. The molecule has 0 bridgehead atoms. The first-order valence-corrected chi connectivity index (χ1v) is 12.7. The first-order valence-electron chi connectivity index (χ1n) is 12.7. The topological polar surface area (TPSA) is 24.1 Å². The van der Waals surface area contributed by atoms with E-state index in [4.69, 9.17) is 0 Å². The van der Waals surface area contributed by atoms with Crippen molar-refractivity contribution in [2.75, 3.05) is 20.1 Å². The molecule has 2 nitrogen and oxygen atoms in total. The summed E-state index contributed by atoms with van der Waals surface area (Å²) in [5, 5.41) is 6.40. The number of halogens is 3. The summed E-state index contributed by atoms with van der Waals surface area (Å²) in [6, 6.07) is 23.4. The fourth-order valence-corrected chi connectivity index (χ4v) is 4.65. The van der Waals surface area contributed by atoms with Crippen LogP contribution in [-0.2, 0) is 25.4 Å². The minimum absolute atomic E-state index is 0.188. The molecule has 4 rings (SSSR count). The third kappa shape index (κ3) is 7.81. The maximum absolute atomic E-state index is 12.4. The van der Waals surface area contributed by atoms with Gasteiger partial charge in [0.25, 0.3) is 0 Å². The monoisotopic (exact) mass is 494 g/mol. The standard InChI is InChI=1S/C19H21N.C12H16F3N/c1-20-14-6-11-19-17-9-4-2-7-15(17)12-13-16-8-3-5-10-18(16)19;1-3-16-9(2)7-10-5-4-6-11(8-10)12(13,14)15/h2-5,7-11,20H,6,12-14H2,1H3;4-6,8-9,16H,3,7H2,1-2H3/t;9-/m.0/s1. The molecule has 0 aromatic heterocycles. The molecule has 192 valence electrons. The van der Waals surface area contributed by atoms with E-state index in [1.54, 1.807) is 6.07 Å². The third-order valence-electron chi connectivity index (χ3n) is 6.37. The molecule has 3 aromatic rings. The van der Waals surface area contributed by atoms with Crippen molar-refractivity contribution < 1.29 is 13.2 Å². The molecule has 0 aliphatic heterocycles. The van der Waals surface area contributed by atoms with Crippen LogP contribution in [0.15, 0.2) is 78.9 Å². The van der Waals surface area contributed by atoms with E-state index in [0.29, 0.717) is 12.0 Å². The summed E-state index contributed by atoms with van der Waals surface area (Å²) in [7, 11) is 2.01. The second kappa shape index (κ2) is 13.4. The average molecular weight is 495 g/mol. The smallest absolute Gasteiger partial charge is 0.319 e. The highest BCUT2D eigenvalue weighted by atomic mass is 19.4. The van der Waals surface area contributed by atoms with Gasteiger partial charge in [-0.15, -0.1) is 0 Å². The molecule has 2 N–H and O–H groups in total. The van der Waals surface area contributed by atoms with E-state index in [2.05, 4.69) is 65.2 Å². The van der Waals surface area contributed by atoms with E-state index >= 15 is 0 Å². The predicted octanol–water partition coefficient (Wildman–Crippen LogP) is 7.07. The molecule has 0 fully saturated rings. The fourth-order valence-electron chi connectivity index (χ4n) is 4.65. The molecule has 0 radical (unpaired) electrons. The SMILES string of the molecule is CCN[C@@H](C)Cc1cccc(C(F)(F)F)c1.CNCCC=C1c2ccccc2CCc2ccccc21. The molecule has 5 heteroatoms. The van der Waals surface area contributed by atoms with Crippen LogP contribution in [-0.4, -0.2) is 26.2 Å². The number of hydrogen-bond acceptors (Lipinski definition) is 2. The van der Waals surface area contributed by atoms with Crippen molar-refractivity contribution >= 4 is 5.57 Å². The van der Waals surface area contributed by atoms with Gasteiger partial charge in [-0.1, -0.05) is 79.7 Å². The number of rotatable bonds is 7. The Morgan fingerprint density at radius 1 is 0.889 bits per heavy atom. The van der Waals surface area contributed by atoms with E-state index in [1.807, 2.05) is 20.9 Å².